The fourth-order valence-corrected chi connectivity index (χ4v) is 4.68. The predicted molar refractivity (Wildman–Crippen MR) is 114 cm³/mol. The van der Waals surface area contributed by atoms with Gasteiger partial charge in [-0.15, -0.1) is 0 Å². The van der Waals surface area contributed by atoms with E-state index in [1.165, 1.54) is 28.6 Å². The van der Waals surface area contributed by atoms with Crippen molar-refractivity contribution in [2.45, 2.75) is 0 Å². The zero-order chi connectivity index (χ0) is 21.7. The van der Waals surface area contributed by atoms with E-state index in [0.29, 0.717) is 31.2 Å². The smallest absolute Gasteiger partial charge is 0.282 e. The largest absolute Gasteiger partial charge is 0.369 e. The van der Waals surface area contributed by atoms with Crippen molar-refractivity contribution in [1.82, 2.24) is 9.62 Å². The second-order valence-electron chi connectivity index (χ2n) is 6.71. The monoisotopic (exact) mass is 452 g/mol. The summed E-state index contributed by atoms with van der Waals surface area (Å²) >= 11 is 5.90. The van der Waals surface area contributed by atoms with Gasteiger partial charge in [0.2, 0.25) is 10.0 Å². The summed E-state index contributed by atoms with van der Waals surface area (Å²) in [5.41, 5.74) is 0.556. The molecule has 9 nitrogen and oxygen atoms in total. The molecule has 2 aromatic rings. The number of nitro benzene ring substituents is 1. The van der Waals surface area contributed by atoms with Crippen LogP contribution in [0.3, 0.4) is 0 Å². The van der Waals surface area contributed by atoms with Crippen LogP contribution in [0.15, 0.2) is 48.5 Å². The molecule has 0 spiro atoms. The predicted octanol–water partition coefficient (Wildman–Crippen LogP) is 2.13. The van der Waals surface area contributed by atoms with E-state index in [1.807, 2.05) is 12.1 Å². The van der Waals surface area contributed by atoms with Crippen LogP contribution in [0, 0.1) is 10.1 Å². The minimum absolute atomic E-state index is 0.100. The van der Waals surface area contributed by atoms with Gasteiger partial charge in [0, 0.05) is 49.5 Å². The molecule has 0 aliphatic carbocycles. The van der Waals surface area contributed by atoms with Crippen molar-refractivity contribution in [2.75, 3.05) is 43.4 Å². The minimum Gasteiger partial charge on any atom is -0.369 e. The number of benzene rings is 2. The van der Waals surface area contributed by atoms with Crippen LogP contribution in [0.25, 0.3) is 0 Å². The number of nitrogens with one attached hydrogen (secondary N) is 1. The molecule has 1 aliphatic heterocycles. The normalized spacial score (nSPS) is 15.0. The Morgan fingerprint density at radius 2 is 1.70 bits per heavy atom. The molecule has 1 saturated heterocycles. The van der Waals surface area contributed by atoms with Gasteiger partial charge < -0.3 is 10.2 Å². The number of nitro groups is 1. The maximum absolute atomic E-state index is 12.6. The van der Waals surface area contributed by atoms with Crippen LogP contribution in [0.1, 0.15) is 10.4 Å². The molecule has 1 fully saturated rings. The summed E-state index contributed by atoms with van der Waals surface area (Å²) in [4.78, 5) is 24.7. The molecule has 2 aromatic carbocycles. The summed E-state index contributed by atoms with van der Waals surface area (Å²) in [5, 5.41) is 14.1. The summed E-state index contributed by atoms with van der Waals surface area (Å²) in [7, 11) is -3.56. The molecule has 0 saturated carbocycles. The van der Waals surface area contributed by atoms with Gasteiger partial charge in [0.15, 0.2) is 0 Å². The fourth-order valence-electron chi connectivity index (χ4n) is 3.22. The average molecular weight is 453 g/mol. The van der Waals surface area contributed by atoms with Crippen molar-refractivity contribution in [3.63, 3.8) is 0 Å². The van der Waals surface area contributed by atoms with Crippen LogP contribution in [-0.4, -0.2) is 62.0 Å². The Bertz CT molecular complexity index is 1020. The van der Waals surface area contributed by atoms with E-state index in [1.54, 1.807) is 12.1 Å². The number of hydrogen-bond donors (Lipinski definition) is 1. The lowest BCUT2D eigenvalue weighted by atomic mass is 10.1. The number of para-hydroxylation sites is 1. The Labute approximate surface area is 179 Å². The quantitative estimate of drug-likeness (QED) is 0.508. The first-order chi connectivity index (χ1) is 14.3. The number of rotatable bonds is 7. The molecule has 0 atom stereocenters. The van der Waals surface area contributed by atoms with Crippen LogP contribution in [-0.2, 0) is 10.0 Å². The molecule has 0 aromatic heterocycles. The standard InChI is InChI=1S/C19H21ClN4O5S/c20-15-5-7-16(8-6-15)22-10-12-23(13-11-22)30(28,29)14-9-21-19(25)17-3-1-2-4-18(17)24(26)27/h1-8H,9-14H2,(H,21,25). The molecule has 0 bridgehead atoms. The van der Waals surface area contributed by atoms with Crippen molar-refractivity contribution in [3.8, 4) is 0 Å². The first kappa shape index (κ1) is 22.0. The third-order valence-corrected chi connectivity index (χ3v) is 6.94. The van der Waals surface area contributed by atoms with Gasteiger partial charge in [0.25, 0.3) is 11.6 Å². The lowest BCUT2D eigenvalue weighted by Crippen LogP contribution is -2.50. The van der Waals surface area contributed by atoms with Crippen LogP contribution in [0.4, 0.5) is 11.4 Å². The second-order valence-corrected chi connectivity index (χ2v) is 9.23. The Kier molecular flexibility index (Phi) is 6.91. The van der Waals surface area contributed by atoms with E-state index in [2.05, 4.69) is 10.2 Å². The highest BCUT2D eigenvalue weighted by molar-refractivity contribution is 7.89. The van der Waals surface area contributed by atoms with Gasteiger partial charge in [-0.2, -0.15) is 4.31 Å². The highest BCUT2D eigenvalue weighted by atomic mass is 35.5. The molecule has 0 unspecified atom stereocenters. The third kappa shape index (κ3) is 5.26. The van der Waals surface area contributed by atoms with Crippen molar-refractivity contribution in [2.24, 2.45) is 0 Å². The van der Waals surface area contributed by atoms with Gasteiger partial charge >= 0.3 is 0 Å². The molecular weight excluding hydrogens is 432 g/mol. The zero-order valence-corrected chi connectivity index (χ0v) is 17.6. The first-order valence-electron chi connectivity index (χ1n) is 9.28. The number of halogens is 1. The van der Waals surface area contributed by atoms with E-state index < -0.39 is 20.9 Å². The van der Waals surface area contributed by atoms with Gasteiger partial charge in [-0.05, 0) is 30.3 Å². The van der Waals surface area contributed by atoms with Crippen LogP contribution >= 0.6 is 11.6 Å². The van der Waals surface area contributed by atoms with Gasteiger partial charge in [-0.3, -0.25) is 14.9 Å². The molecule has 3 rings (SSSR count). The van der Waals surface area contributed by atoms with E-state index >= 15 is 0 Å². The average Bonchev–Trinajstić information content (AvgIpc) is 2.74. The van der Waals surface area contributed by atoms with E-state index in [9.17, 15) is 23.3 Å². The number of anilines is 1. The Hall–Kier alpha value is -2.69. The van der Waals surface area contributed by atoms with Crippen LogP contribution < -0.4 is 10.2 Å². The number of carbonyl (C=O) groups is 1. The van der Waals surface area contributed by atoms with E-state index in [-0.39, 0.29) is 23.5 Å². The summed E-state index contributed by atoms with van der Waals surface area (Å²) in [6.07, 6.45) is 0. The van der Waals surface area contributed by atoms with Crippen LogP contribution in [0.5, 0.6) is 0 Å². The van der Waals surface area contributed by atoms with Gasteiger partial charge in [-0.1, -0.05) is 23.7 Å². The first-order valence-corrected chi connectivity index (χ1v) is 11.3. The van der Waals surface area contributed by atoms with Crippen LogP contribution in [0.2, 0.25) is 5.02 Å². The summed E-state index contributed by atoms with van der Waals surface area (Å²) in [6, 6.07) is 12.9. The molecule has 30 heavy (non-hydrogen) atoms. The zero-order valence-electron chi connectivity index (χ0n) is 16.0. The maximum Gasteiger partial charge on any atom is 0.282 e. The number of amides is 1. The highest BCUT2D eigenvalue weighted by Crippen LogP contribution is 2.20. The van der Waals surface area contributed by atoms with Gasteiger partial charge in [0.1, 0.15) is 5.56 Å². The third-order valence-electron chi connectivity index (χ3n) is 4.81. The molecule has 1 heterocycles. The Morgan fingerprint density at radius 3 is 2.33 bits per heavy atom. The lowest BCUT2D eigenvalue weighted by Gasteiger charge is -2.35. The minimum atomic E-state index is -3.56. The molecule has 0 radical (unpaired) electrons. The number of piperazine rings is 1. The van der Waals surface area contributed by atoms with Crippen molar-refractivity contribution in [1.29, 1.82) is 0 Å². The molecule has 1 amide bonds. The second kappa shape index (κ2) is 9.41. The number of nitrogens with zero attached hydrogens (tertiary/aromatic N) is 3. The molecule has 11 heteroatoms. The topological polar surface area (TPSA) is 113 Å². The molecule has 1 N–H and O–H groups in total. The van der Waals surface area contributed by atoms with Crippen molar-refractivity contribution >= 4 is 38.9 Å². The lowest BCUT2D eigenvalue weighted by molar-refractivity contribution is -0.385. The molecular formula is C19H21ClN4O5S. The maximum atomic E-state index is 12.6. The number of hydrogen-bond acceptors (Lipinski definition) is 6. The molecule has 1 aliphatic rings. The fraction of sp³-hybridized carbons (Fsp3) is 0.316. The van der Waals surface area contributed by atoms with Gasteiger partial charge in [-0.25, -0.2) is 8.42 Å². The highest BCUT2D eigenvalue weighted by Gasteiger charge is 2.27. The SMILES string of the molecule is O=C(NCCS(=O)(=O)N1CCN(c2ccc(Cl)cc2)CC1)c1ccccc1[N+](=O)[O-]. The van der Waals surface area contributed by atoms with Crippen molar-refractivity contribution < 1.29 is 18.1 Å². The number of carbonyl (C=O) groups excluding carboxylic acids is 1. The van der Waals surface area contributed by atoms with E-state index in [0.717, 1.165) is 5.69 Å². The number of sulfonamides is 1. The van der Waals surface area contributed by atoms with E-state index in [4.69, 9.17) is 11.6 Å². The Morgan fingerprint density at radius 1 is 1.07 bits per heavy atom. The Balaban J connectivity index is 1.52. The van der Waals surface area contributed by atoms with Gasteiger partial charge in [0.05, 0.1) is 10.7 Å². The summed E-state index contributed by atoms with van der Waals surface area (Å²) < 4.78 is 26.6. The van der Waals surface area contributed by atoms with Crippen molar-refractivity contribution in [3.05, 3.63) is 69.2 Å². The summed E-state index contributed by atoms with van der Waals surface area (Å²) in [6.45, 7) is 1.63. The molecule has 160 valence electrons. The summed E-state index contributed by atoms with van der Waals surface area (Å²) in [5.74, 6) is -0.953.